The van der Waals surface area contributed by atoms with Gasteiger partial charge in [0.2, 0.25) is 5.88 Å². The summed E-state index contributed by atoms with van der Waals surface area (Å²) in [7, 11) is -3.76. The van der Waals surface area contributed by atoms with E-state index in [1.807, 2.05) is 0 Å². The minimum absolute atomic E-state index is 0.0000435. The molecule has 0 saturated carbocycles. The van der Waals surface area contributed by atoms with E-state index in [-0.39, 0.29) is 10.8 Å². The molecule has 0 aliphatic heterocycles. The lowest BCUT2D eigenvalue weighted by Gasteiger charge is -2.06. The first kappa shape index (κ1) is 13.3. The summed E-state index contributed by atoms with van der Waals surface area (Å²) in [5, 5.41) is 3.68. The number of nitrogens with two attached hydrogens (primary N) is 1. The summed E-state index contributed by atoms with van der Waals surface area (Å²) in [6.07, 6.45) is 1.19. The second kappa shape index (κ2) is 4.86. The van der Waals surface area contributed by atoms with Crippen LogP contribution in [0, 0.1) is 13.8 Å². The molecule has 102 valence electrons. The van der Waals surface area contributed by atoms with Gasteiger partial charge in [0.25, 0.3) is 10.0 Å². The molecule has 0 aliphatic carbocycles. The van der Waals surface area contributed by atoms with Crippen molar-refractivity contribution >= 4 is 21.7 Å². The zero-order valence-corrected chi connectivity index (χ0v) is 11.2. The van der Waals surface area contributed by atoms with Crippen LogP contribution >= 0.6 is 0 Å². The Hall–Kier alpha value is -2.13. The number of nitrogens with one attached hydrogen (secondary N) is 2. The van der Waals surface area contributed by atoms with Gasteiger partial charge in [0.15, 0.2) is 0 Å². The molecule has 9 heteroatoms. The van der Waals surface area contributed by atoms with E-state index in [9.17, 15) is 8.42 Å². The maximum Gasteiger partial charge on any atom is 0.265 e. The van der Waals surface area contributed by atoms with Gasteiger partial charge in [-0.1, -0.05) is 5.16 Å². The average molecular weight is 283 g/mol. The van der Waals surface area contributed by atoms with Crippen LogP contribution in [-0.2, 0) is 10.0 Å². The number of nitrogen functional groups attached to an aromatic ring is 1. The third kappa shape index (κ3) is 2.66. The lowest BCUT2D eigenvalue weighted by atomic mass is 10.3. The third-order valence-corrected chi connectivity index (χ3v) is 3.89. The zero-order chi connectivity index (χ0) is 14.0. The van der Waals surface area contributed by atoms with Crippen molar-refractivity contribution < 1.29 is 12.9 Å². The van der Waals surface area contributed by atoms with Gasteiger partial charge in [0, 0.05) is 11.8 Å². The molecule has 0 atom stereocenters. The lowest BCUT2D eigenvalue weighted by Crippen LogP contribution is -2.14. The van der Waals surface area contributed by atoms with Gasteiger partial charge >= 0.3 is 0 Å². The highest BCUT2D eigenvalue weighted by Crippen LogP contribution is 2.21. The zero-order valence-electron chi connectivity index (χ0n) is 10.3. The summed E-state index contributed by atoms with van der Waals surface area (Å²) in [5.74, 6) is 5.62. The standard InChI is InChI=1S/C10H13N5O3S/c1-6-7(2)14-18-10(6)15-19(16,17)8-3-4-9(13-11)12-5-8/h3-5,15H,11H2,1-2H3,(H,12,13). The van der Waals surface area contributed by atoms with Gasteiger partial charge in [-0.2, -0.15) is 0 Å². The smallest absolute Gasteiger partial charge is 0.265 e. The topological polar surface area (TPSA) is 123 Å². The molecule has 0 spiro atoms. The molecular weight excluding hydrogens is 270 g/mol. The Morgan fingerprint density at radius 3 is 2.53 bits per heavy atom. The molecule has 19 heavy (non-hydrogen) atoms. The van der Waals surface area contributed by atoms with Crippen molar-refractivity contribution in [3.05, 3.63) is 29.6 Å². The van der Waals surface area contributed by atoms with E-state index in [1.165, 1.54) is 18.3 Å². The average Bonchev–Trinajstić information content (AvgIpc) is 2.70. The summed E-state index contributed by atoms with van der Waals surface area (Å²) in [6.45, 7) is 3.43. The summed E-state index contributed by atoms with van der Waals surface area (Å²) in [5.41, 5.74) is 3.57. The minimum Gasteiger partial charge on any atom is -0.337 e. The highest BCUT2D eigenvalue weighted by atomic mass is 32.2. The van der Waals surface area contributed by atoms with Gasteiger partial charge < -0.3 is 9.95 Å². The van der Waals surface area contributed by atoms with Crippen molar-refractivity contribution in [1.82, 2.24) is 10.1 Å². The lowest BCUT2D eigenvalue weighted by molar-refractivity contribution is 0.430. The monoisotopic (exact) mass is 283 g/mol. The fourth-order valence-corrected chi connectivity index (χ4v) is 2.31. The van der Waals surface area contributed by atoms with Gasteiger partial charge in [0.05, 0.1) is 5.69 Å². The molecule has 0 saturated heterocycles. The van der Waals surface area contributed by atoms with Crippen molar-refractivity contribution in [2.45, 2.75) is 18.7 Å². The number of sulfonamides is 1. The van der Waals surface area contributed by atoms with Crippen LogP contribution in [0.2, 0.25) is 0 Å². The molecule has 2 heterocycles. The van der Waals surface area contributed by atoms with Crippen molar-refractivity contribution in [3.8, 4) is 0 Å². The largest absolute Gasteiger partial charge is 0.337 e. The van der Waals surface area contributed by atoms with E-state index in [4.69, 9.17) is 10.4 Å². The van der Waals surface area contributed by atoms with Crippen molar-refractivity contribution in [2.75, 3.05) is 10.1 Å². The SMILES string of the molecule is Cc1noc(NS(=O)(=O)c2ccc(NN)nc2)c1C. The van der Waals surface area contributed by atoms with Crippen molar-refractivity contribution in [2.24, 2.45) is 5.84 Å². The maximum absolute atomic E-state index is 12.1. The van der Waals surface area contributed by atoms with Crippen LogP contribution in [0.25, 0.3) is 0 Å². The molecule has 0 radical (unpaired) electrons. The third-order valence-electron chi connectivity index (χ3n) is 2.58. The number of nitrogens with zero attached hydrogens (tertiary/aromatic N) is 2. The minimum atomic E-state index is -3.76. The number of hydrogen-bond donors (Lipinski definition) is 3. The maximum atomic E-state index is 12.1. The highest BCUT2D eigenvalue weighted by Gasteiger charge is 2.19. The Bertz CT molecular complexity index is 678. The number of hydrazine groups is 1. The molecule has 0 aliphatic rings. The summed E-state index contributed by atoms with van der Waals surface area (Å²) in [6, 6.07) is 2.83. The van der Waals surface area contributed by atoms with Gasteiger partial charge in [-0.05, 0) is 26.0 Å². The van der Waals surface area contributed by atoms with Gasteiger partial charge in [0.1, 0.15) is 10.7 Å². The van der Waals surface area contributed by atoms with Crippen LogP contribution in [0.1, 0.15) is 11.3 Å². The van der Waals surface area contributed by atoms with E-state index in [0.717, 1.165) is 0 Å². The van der Waals surface area contributed by atoms with Gasteiger partial charge in [-0.15, -0.1) is 0 Å². The first-order chi connectivity index (χ1) is 8.94. The van der Waals surface area contributed by atoms with Gasteiger partial charge in [-0.25, -0.2) is 24.0 Å². The van der Waals surface area contributed by atoms with E-state index in [2.05, 4.69) is 20.3 Å². The summed E-state index contributed by atoms with van der Waals surface area (Å²) < 4.78 is 31.4. The Labute approximate surface area is 110 Å². The highest BCUT2D eigenvalue weighted by molar-refractivity contribution is 7.92. The van der Waals surface area contributed by atoms with E-state index in [0.29, 0.717) is 17.1 Å². The van der Waals surface area contributed by atoms with Crippen LogP contribution in [-0.4, -0.2) is 18.6 Å². The number of pyridine rings is 1. The van der Waals surface area contributed by atoms with Crippen LogP contribution in [0.3, 0.4) is 0 Å². The Morgan fingerprint density at radius 1 is 1.32 bits per heavy atom. The van der Waals surface area contributed by atoms with E-state index >= 15 is 0 Å². The molecular formula is C10H13N5O3S. The van der Waals surface area contributed by atoms with Crippen molar-refractivity contribution in [1.29, 1.82) is 0 Å². The van der Waals surface area contributed by atoms with Gasteiger partial charge in [-0.3, -0.25) is 0 Å². The molecule has 2 aromatic rings. The molecule has 2 rings (SSSR count). The molecule has 0 fully saturated rings. The van der Waals surface area contributed by atoms with E-state index < -0.39 is 10.0 Å². The van der Waals surface area contributed by atoms with Crippen LogP contribution in [0.4, 0.5) is 11.7 Å². The summed E-state index contributed by atoms with van der Waals surface area (Å²) in [4.78, 5) is 3.83. The number of aromatic nitrogens is 2. The summed E-state index contributed by atoms with van der Waals surface area (Å²) >= 11 is 0. The fourth-order valence-electron chi connectivity index (χ4n) is 1.32. The second-order valence-electron chi connectivity index (χ2n) is 3.85. The predicted octanol–water partition coefficient (Wildman–Crippen LogP) is 0.773. The predicted molar refractivity (Wildman–Crippen MR) is 68.8 cm³/mol. The molecule has 0 unspecified atom stereocenters. The molecule has 4 N–H and O–H groups in total. The molecule has 0 aromatic carbocycles. The van der Waals surface area contributed by atoms with Crippen LogP contribution in [0.5, 0.6) is 0 Å². The Morgan fingerprint density at radius 2 is 2.05 bits per heavy atom. The Balaban J connectivity index is 2.29. The first-order valence-electron chi connectivity index (χ1n) is 5.32. The fraction of sp³-hybridized carbons (Fsp3) is 0.200. The molecule has 2 aromatic heterocycles. The van der Waals surface area contributed by atoms with E-state index in [1.54, 1.807) is 13.8 Å². The Kier molecular flexibility index (Phi) is 3.40. The van der Waals surface area contributed by atoms with Crippen LogP contribution < -0.4 is 16.0 Å². The molecule has 0 bridgehead atoms. The second-order valence-corrected chi connectivity index (χ2v) is 5.53. The number of hydrogen-bond acceptors (Lipinski definition) is 7. The molecule has 0 amide bonds. The van der Waals surface area contributed by atoms with Crippen LogP contribution in [0.15, 0.2) is 27.7 Å². The number of aryl methyl sites for hydroxylation is 1. The normalized spacial score (nSPS) is 11.3. The molecule has 8 nitrogen and oxygen atoms in total. The number of rotatable bonds is 4. The first-order valence-corrected chi connectivity index (χ1v) is 6.80. The quantitative estimate of drug-likeness (QED) is 0.559. The van der Waals surface area contributed by atoms with Crippen molar-refractivity contribution in [3.63, 3.8) is 0 Å². The number of anilines is 2.